The monoisotopic (exact) mass is 452 g/mol. The number of hydrogen-bond acceptors (Lipinski definition) is 5. The van der Waals surface area contributed by atoms with E-state index in [4.69, 9.17) is 10.5 Å². The zero-order valence-corrected chi connectivity index (χ0v) is 21.1. The molecule has 2 fully saturated rings. The average Bonchev–Trinajstić information content (AvgIpc) is 2.68. The van der Waals surface area contributed by atoms with Crippen LogP contribution in [0.5, 0.6) is 0 Å². The normalized spacial score (nSPS) is 21.5. The number of ether oxygens (including phenoxy) is 1. The van der Waals surface area contributed by atoms with Crippen molar-refractivity contribution in [3.05, 3.63) is 0 Å². The first-order chi connectivity index (χ1) is 15.1. The van der Waals surface area contributed by atoms with Crippen molar-refractivity contribution in [3.8, 4) is 0 Å². The smallest absolute Gasteiger partial charge is 0.222 e. The predicted molar refractivity (Wildman–Crippen MR) is 129 cm³/mol. The van der Waals surface area contributed by atoms with E-state index in [1.165, 1.54) is 44.9 Å². The summed E-state index contributed by atoms with van der Waals surface area (Å²) in [5.74, 6) is 0.821. The Kier molecular flexibility index (Phi) is 10.9. The fourth-order valence-corrected chi connectivity index (χ4v) is 4.68. The molecule has 0 radical (unpaired) electrons. The van der Waals surface area contributed by atoms with Gasteiger partial charge < -0.3 is 25.6 Å². The summed E-state index contributed by atoms with van der Waals surface area (Å²) < 4.78 is 5.93. The van der Waals surface area contributed by atoms with Crippen molar-refractivity contribution in [2.24, 2.45) is 11.7 Å². The largest absolute Gasteiger partial charge is 0.361 e. The quantitative estimate of drug-likeness (QED) is 0.497. The van der Waals surface area contributed by atoms with Crippen molar-refractivity contribution in [3.63, 3.8) is 0 Å². The standard InChI is InChI=1S/C25H48N4O3/c1-24(2,27-22(30)20-21-10-8-6-5-7-9-11-21)14-19-32-25(3,26)13-12-23(31)29-17-15-28(4)16-18-29/h21H,5-20,26H2,1-4H3,(H,27,30). The van der Waals surface area contributed by atoms with Gasteiger partial charge in [0.1, 0.15) is 5.72 Å². The van der Waals surface area contributed by atoms with E-state index in [1.807, 2.05) is 25.7 Å². The second-order valence-corrected chi connectivity index (χ2v) is 10.9. The van der Waals surface area contributed by atoms with Gasteiger partial charge in [0.25, 0.3) is 0 Å². The van der Waals surface area contributed by atoms with Crippen LogP contribution in [0.4, 0.5) is 0 Å². The van der Waals surface area contributed by atoms with E-state index in [-0.39, 0.29) is 17.4 Å². The summed E-state index contributed by atoms with van der Waals surface area (Å²) in [6, 6.07) is 0. The van der Waals surface area contributed by atoms with Crippen molar-refractivity contribution in [2.75, 3.05) is 39.8 Å². The van der Waals surface area contributed by atoms with Crippen LogP contribution >= 0.6 is 0 Å². The molecule has 32 heavy (non-hydrogen) atoms. The summed E-state index contributed by atoms with van der Waals surface area (Å²) in [6.07, 6.45) is 11.0. The first-order valence-corrected chi connectivity index (χ1v) is 12.8. The number of nitrogens with two attached hydrogens (primary N) is 1. The Morgan fingerprint density at radius 3 is 2.19 bits per heavy atom. The van der Waals surface area contributed by atoms with Crippen molar-refractivity contribution in [2.45, 2.75) is 103 Å². The highest BCUT2D eigenvalue weighted by Crippen LogP contribution is 2.25. The SMILES string of the molecule is CN1CCN(C(=O)CCC(C)(N)OCCC(C)(C)NC(=O)CC2CCCCCCC2)CC1. The van der Waals surface area contributed by atoms with Gasteiger partial charge in [-0.15, -0.1) is 0 Å². The van der Waals surface area contributed by atoms with E-state index in [0.29, 0.717) is 38.2 Å². The number of likely N-dealkylation sites (N-methyl/N-ethyl adjacent to an activating group) is 1. The topological polar surface area (TPSA) is 87.9 Å². The molecule has 1 aliphatic heterocycles. The minimum absolute atomic E-state index is 0.147. The fraction of sp³-hybridized carbons (Fsp3) is 0.920. The van der Waals surface area contributed by atoms with E-state index in [0.717, 1.165) is 26.2 Å². The molecule has 2 aliphatic rings. The molecule has 1 aliphatic carbocycles. The molecule has 0 aromatic rings. The van der Waals surface area contributed by atoms with Gasteiger partial charge in [0, 0.05) is 44.6 Å². The van der Waals surface area contributed by atoms with E-state index >= 15 is 0 Å². The van der Waals surface area contributed by atoms with Crippen molar-refractivity contribution in [1.29, 1.82) is 0 Å². The van der Waals surface area contributed by atoms with E-state index in [1.54, 1.807) is 0 Å². The van der Waals surface area contributed by atoms with Gasteiger partial charge in [-0.25, -0.2) is 0 Å². The van der Waals surface area contributed by atoms with Gasteiger partial charge in [0.05, 0.1) is 6.61 Å². The van der Waals surface area contributed by atoms with Gasteiger partial charge in [-0.1, -0.05) is 32.1 Å². The average molecular weight is 453 g/mol. The van der Waals surface area contributed by atoms with Crippen LogP contribution in [-0.2, 0) is 14.3 Å². The van der Waals surface area contributed by atoms with E-state index in [9.17, 15) is 9.59 Å². The molecule has 3 N–H and O–H groups in total. The Morgan fingerprint density at radius 1 is 0.969 bits per heavy atom. The van der Waals surface area contributed by atoms with Gasteiger partial charge >= 0.3 is 0 Å². The minimum Gasteiger partial charge on any atom is -0.361 e. The van der Waals surface area contributed by atoms with Crippen molar-refractivity contribution >= 4 is 11.8 Å². The predicted octanol–water partition coefficient (Wildman–Crippen LogP) is 3.27. The van der Waals surface area contributed by atoms with Crippen LogP contribution in [0.1, 0.15) is 91.4 Å². The van der Waals surface area contributed by atoms with Crippen molar-refractivity contribution in [1.82, 2.24) is 15.1 Å². The Morgan fingerprint density at radius 2 is 1.56 bits per heavy atom. The van der Waals surface area contributed by atoms with Crippen molar-refractivity contribution < 1.29 is 14.3 Å². The molecule has 1 saturated heterocycles. The third-order valence-corrected chi connectivity index (χ3v) is 7.03. The summed E-state index contributed by atoms with van der Waals surface area (Å²) in [5, 5.41) is 3.20. The zero-order valence-electron chi connectivity index (χ0n) is 21.1. The van der Waals surface area contributed by atoms with Gasteiger partial charge in [-0.3, -0.25) is 9.59 Å². The molecular formula is C25H48N4O3. The lowest BCUT2D eigenvalue weighted by Crippen LogP contribution is -2.48. The third-order valence-electron chi connectivity index (χ3n) is 7.03. The Hall–Kier alpha value is -1.18. The van der Waals surface area contributed by atoms with E-state index in [2.05, 4.69) is 17.3 Å². The molecule has 186 valence electrons. The molecule has 1 saturated carbocycles. The lowest BCUT2D eigenvalue weighted by Gasteiger charge is -2.34. The Balaban J connectivity index is 1.66. The first-order valence-electron chi connectivity index (χ1n) is 12.8. The number of carbonyl (C=O) groups excluding carboxylic acids is 2. The van der Waals surface area contributed by atoms with Crippen LogP contribution in [0.25, 0.3) is 0 Å². The maximum absolute atomic E-state index is 12.6. The highest BCUT2D eigenvalue weighted by atomic mass is 16.5. The summed E-state index contributed by atoms with van der Waals surface area (Å²) in [6.45, 7) is 9.77. The highest BCUT2D eigenvalue weighted by Gasteiger charge is 2.27. The maximum atomic E-state index is 12.6. The number of piperazine rings is 1. The molecule has 1 atom stereocenters. The van der Waals surface area contributed by atoms with Crippen LogP contribution in [0.2, 0.25) is 0 Å². The summed E-state index contributed by atoms with van der Waals surface area (Å²) >= 11 is 0. The summed E-state index contributed by atoms with van der Waals surface area (Å²) in [7, 11) is 2.08. The highest BCUT2D eigenvalue weighted by molar-refractivity contribution is 5.77. The number of hydrogen-bond donors (Lipinski definition) is 2. The summed E-state index contributed by atoms with van der Waals surface area (Å²) in [5.41, 5.74) is 5.12. The van der Waals surface area contributed by atoms with Gasteiger partial charge in [0.15, 0.2) is 0 Å². The molecule has 0 spiro atoms. The lowest BCUT2D eigenvalue weighted by atomic mass is 9.88. The minimum atomic E-state index is -0.846. The third kappa shape index (κ3) is 10.6. The number of nitrogens with one attached hydrogen (secondary N) is 1. The van der Waals surface area contributed by atoms with Gasteiger partial charge in [-0.05, 0) is 59.4 Å². The van der Waals surface area contributed by atoms with Gasteiger partial charge in [-0.2, -0.15) is 0 Å². The molecule has 0 aromatic heterocycles. The van der Waals surface area contributed by atoms with E-state index < -0.39 is 5.72 Å². The van der Waals surface area contributed by atoms with Crippen LogP contribution in [-0.4, -0.2) is 72.7 Å². The molecule has 0 aromatic carbocycles. The molecule has 1 heterocycles. The number of rotatable bonds is 10. The molecule has 7 nitrogen and oxygen atoms in total. The molecular weight excluding hydrogens is 404 g/mol. The summed E-state index contributed by atoms with van der Waals surface area (Å²) in [4.78, 5) is 29.2. The molecule has 2 rings (SSSR count). The van der Waals surface area contributed by atoms with Crippen LogP contribution < -0.4 is 11.1 Å². The first kappa shape index (κ1) is 27.1. The Labute approximate surface area is 195 Å². The number of amides is 2. The second kappa shape index (κ2) is 12.9. The molecule has 7 heteroatoms. The van der Waals surface area contributed by atoms with Crippen LogP contribution in [0.3, 0.4) is 0 Å². The molecule has 0 bridgehead atoms. The number of carbonyl (C=O) groups is 2. The maximum Gasteiger partial charge on any atom is 0.222 e. The number of nitrogens with zero attached hydrogens (tertiary/aromatic N) is 2. The van der Waals surface area contributed by atoms with Crippen LogP contribution in [0.15, 0.2) is 0 Å². The van der Waals surface area contributed by atoms with Crippen LogP contribution in [0, 0.1) is 5.92 Å². The molecule has 1 unspecified atom stereocenters. The lowest BCUT2D eigenvalue weighted by molar-refractivity contribution is -0.135. The molecule has 2 amide bonds. The fourth-order valence-electron chi connectivity index (χ4n) is 4.68. The second-order valence-electron chi connectivity index (χ2n) is 10.9. The zero-order chi connectivity index (χ0) is 23.6. The Bertz CT molecular complexity index is 578. The van der Waals surface area contributed by atoms with Gasteiger partial charge in [0.2, 0.25) is 11.8 Å².